The maximum Gasteiger partial charge on any atom is 0.413 e. The highest BCUT2D eigenvalue weighted by Crippen LogP contribution is 2.28. The van der Waals surface area contributed by atoms with Gasteiger partial charge in [0.2, 0.25) is 0 Å². The minimum Gasteiger partial charge on any atom is -0.410 e. The lowest BCUT2D eigenvalue weighted by atomic mass is 9.82. The Morgan fingerprint density at radius 2 is 1.52 bits per heavy atom. The lowest BCUT2D eigenvalue weighted by molar-refractivity contribution is 0.190. The van der Waals surface area contributed by atoms with Gasteiger partial charge in [0, 0.05) is 5.54 Å². The fourth-order valence-electron chi connectivity index (χ4n) is 1.62. The zero-order chi connectivity index (χ0) is 16.7. The number of nitrogens with one attached hydrogen (secondary N) is 1. The van der Waals surface area contributed by atoms with Crippen LogP contribution in [-0.4, -0.2) is 11.6 Å². The minimum absolute atomic E-state index is 0.145. The summed E-state index contributed by atoms with van der Waals surface area (Å²) in [5, 5.41) is 2.76. The first kappa shape index (κ1) is 19.5. The second-order valence-electron chi connectivity index (χ2n) is 6.53. The van der Waals surface area contributed by atoms with Gasteiger partial charge in [0.25, 0.3) is 0 Å². The third-order valence-electron chi connectivity index (χ3n) is 3.21. The Labute approximate surface area is 130 Å². The van der Waals surface area contributed by atoms with E-state index in [-0.39, 0.29) is 11.0 Å². The molecule has 0 atom stereocenters. The van der Waals surface area contributed by atoms with Crippen LogP contribution in [-0.2, 0) is 5.41 Å². The van der Waals surface area contributed by atoms with Crippen LogP contribution in [0.3, 0.4) is 0 Å². The van der Waals surface area contributed by atoms with Crippen LogP contribution in [0.25, 0.3) is 0 Å². The Morgan fingerprint density at radius 1 is 1.05 bits per heavy atom. The van der Waals surface area contributed by atoms with Gasteiger partial charge in [-0.2, -0.15) is 0 Å². The van der Waals surface area contributed by atoms with E-state index in [4.69, 9.17) is 4.74 Å². The van der Waals surface area contributed by atoms with Gasteiger partial charge in [-0.05, 0) is 50.3 Å². The van der Waals surface area contributed by atoms with Crippen molar-refractivity contribution in [2.24, 2.45) is 0 Å². The van der Waals surface area contributed by atoms with E-state index in [0.717, 1.165) is 6.42 Å². The third kappa shape index (κ3) is 7.16. The molecule has 1 aromatic rings. The van der Waals surface area contributed by atoms with E-state index < -0.39 is 6.09 Å². The average Bonchev–Trinajstić information content (AvgIpc) is 2.39. The number of rotatable bonds is 3. The summed E-state index contributed by atoms with van der Waals surface area (Å²) in [5.41, 5.74) is 1.10. The Hall–Kier alpha value is -1.51. The zero-order valence-electron chi connectivity index (χ0n) is 14.8. The van der Waals surface area contributed by atoms with Gasteiger partial charge in [0.05, 0.1) is 0 Å². The number of ether oxygens (including phenoxy) is 1. The van der Waals surface area contributed by atoms with Crippen molar-refractivity contribution in [1.29, 1.82) is 0 Å². The van der Waals surface area contributed by atoms with Gasteiger partial charge < -0.3 is 10.1 Å². The van der Waals surface area contributed by atoms with Crippen molar-refractivity contribution in [3.05, 3.63) is 29.8 Å². The van der Waals surface area contributed by atoms with Crippen LogP contribution < -0.4 is 10.1 Å². The van der Waals surface area contributed by atoms with Crippen molar-refractivity contribution in [3.63, 3.8) is 0 Å². The Balaban J connectivity index is 0.00000191. The van der Waals surface area contributed by atoms with E-state index in [9.17, 15) is 4.79 Å². The standard InChI is InChI=1S/C16H25NO2.C2H6/c1-7-16(5,6)12-8-10-13(11-9-12)19-14(18)17-15(2,3)4;1-2/h8-11H,7H2,1-6H3,(H,17,18);1-2H3. The molecule has 0 saturated carbocycles. The average molecular weight is 293 g/mol. The molecule has 0 saturated heterocycles. The molecule has 0 heterocycles. The van der Waals surface area contributed by atoms with E-state index in [1.807, 2.05) is 58.9 Å². The van der Waals surface area contributed by atoms with Crippen molar-refractivity contribution in [3.8, 4) is 5.75 Å². The van der Waals surface area contributed by atoms with Crippen LogP contribution in [0.4, 0.5) is 4.79 Å². The number of benzene rings is 1. The molecule has 0 bridgehead atoms. The summed E-state index contributed by atoms with van der Waals surface area (Å²) in [5.74, 6) is 0.567. The van der Waals surface area contributed by atoms with E-state index in [1.54, 1.807) is 0 Å². The summed E-state index contributed by atoms with van der Waals surface area (Å²) in [6.45, 7) is 16.3. The first-order valence-electron chi connectivity index (χ1n) is 7.74. The molecule has 3 nitrogen and oxygen atoms in total. The molecule has 0 spiro atoms. The van der Waals surface area contributed by atoms with E-state index in [0.29, 0.717) is 5.75 Å². The van der Waals surface area contributed by atoms with Gasteiger partial charge in [-0.1, -0.05) is 46.8 Å². The van der Waals surface area contributed by atoms with Crippen LogP contribution in [0.1, 0.15) is 67.4 Å². The van der Waals surface area contributed by atoms with Gasteiger partial charge in [0.1, 0.15) is 5.75 Å². The molecule has 1 N–H and O–H groups in total. The summed E-state index contributed by atoms with van der Waals surface area (Å²) >= 11 is 0. The molecule has 0 aliphatic rings. The van der Waals surface area contributed by atoms with Crippen molar-refractivity contribution >= 4 is 6.09 Å². The van der Waals surface area contributed by atoms with Crippen LogP contribution in [0.2, 0.25) is 0 Å². The zero-order valence-corrected chi connectivity index (χ0v) is 14.8. The lowest BCUT2D eigenvalue weighted by Crippen LogP contribution is -2.42. The number of amides is 1. The molecule has 1 aromatic carbocycles. The van der Waals surface area contributed by atoms with Crippen molar-refractivity contribution < 1.29 is 9.53 Å². The van der Waals surface area contributed by atoms with E-state index >= 15 is 0 Å². The highest BCUT2D eigenvalue weighted by molar-refractivity contribution is 5.71. The number of hydrogen-bond acceptors (Lipinski definition) is 2. The fourth-order valence-corrected chi connectivity index (χ4v) is 1.62. The highest BCUT2D eigenvalue weighted by Gasteiger charge is 2.18. The second kappa shape index (κ2) is 8.06. The molecule has 0 aliphatic carbocycles. The molecular formula is C18H31NO2. The second-order valence-corrected chi connectivity index (χ2v) is 6.53. The molecule has 1 rings (SSSR count). The third-order valence-corrected chi connectivity index (χ3v) is 3.21. The predicted molar refractivity (Wildman–Crippen MR) is 90.0 cm³/mol. The first-order valence-corrected chi connectivity index (χ1v) is 7.74. The first-order chi connectivity index (χ1) is 9.64. The molecule has 3 heteroatoms. The molecule has 0 fully saturated rings. The normalized spacial score (nSPS) is 11.2. The van der Waals surface area contributed by atoms with Crippen LogP contribution in [0, 0.1) is 0 Å². The number of hydrogen-bond donors (Lipinski definition) is 1. The van der Waals surface area contributed by atoms with Crippen molar-refractivity contribution in [2.45, 2.75) is 72.8 Å². The number of carbonyl (C=O) groups excluding carboxylic acids is 1. The molecule has 21 heavy (non-hydrogen) atoms. The highest BCUT2D eigenvalue weighted by atomic mass is 16.6. The Bertz CT molecular complexity index is 428. The molecule has 0 aliphatic heterocycles. The topological polar surface area (TPSA) is 38.3 Å². The lowest BCUT2D eigenvalue weighted by Gasteiger charge is -2.23. The molecule has 0 unspecified atom stereocenters. The van der Waals surface area contributed by atoms with Crippen molar-refractivity contribution in [1.82, 2.24) is 5.32 Å². The smallest absolute Gasteiger partial charge is 0.410 e. The maximum absolute atomic E-state index is 11.6. The van der Waals surface area contributed by atoms with Gasteiger partial charge in [-0.3, -0.25) is 0 Å². The SMILES string of the molecule is CC.CCC(C)(C)c1ccc(OC(=O)NC(C)(C)C)cc1. The van der Waals surface area contributed by atoms with Crippen molar-refractivity contribution in [2.75, 3.05) is 0 Å². The quantitative estimate of drug-likeness (QED) is 0.822. The summed E-state index contributed by atoms with van der Waals surface area (Å²) in [6.07, 6.45) is 0.646. The summed E-state index contributed by atoms with van der Waals surface area (Å²) in [4.78, 5) is 11.6. The van der Waals surface area contributed by atoms with E-state index in [2.05, 4.69) is 26.1 Å². The molecule has 120 valence electrons. The van der Waals surface area contributed by atoms with Crippen LogP contribution >= 0.6 is 0 Å². The van der Waals surface area contributed by atoms with Gasteiger partial charge >= 0.3 is 6.09 Å². The molecule has 1 amide bonds. The minimum atomic E-state index is -0.421. The monoisotopic (exact) mass is 293 g/mol. The number of carbonyl (C=O) groups is 1. The largest absolute Gasteiger partial charge is 0.413 e. The fraction of sp³-hybridized carbons (Fsp3) is 0.611. The Morgan fingerprint density at radius 3 is 1.90 bits per heavy atom. The van der Waals surface area contributed by atoms with Gasteiger partial charge in [-0.15, -0.1) is 0 Å². The molecule has 0 aromatic heterocycles. The molecular weight excluding hydrogens is 262 g/mol. The summed E-state index contributed by atoms with van der Waals surface area (Å²) in [6, 6.07) is 7.72. The molecule has 0 radical (unpaired) electrons. The van der Waals surface area contributed by atoms with Gasteiger partial charge in [0.15, 0.2) is 0 Å². The summed E-state index contributed by atoms with van der Waals surface area (Å²) in [7, 11) is 0. The maximum atomic E-state index is 11.6. The van der Waals surface area contributed by atoms with Crippen LogP contribution in [0.5, 0.6) is 5.75 Å². The van der Waals surface area contributed by atoms with Gasteiger partial charge in [-0.25, -0.2) is 4.79 Å². The Kier molecular flexibility index (Phi) is 7.48. The van der Waals surface area contributed by atoms with Crippen LogP contribution in [0.15, 0.2) is 24.3 Å². The summed E-state index contributed by atoms with van der Waals surface area (Å²) < 4.78 is 5.24. The predicted octanol–water partition coefficient (Wildman–Crippen LogP) is 5.29. The van der Waals surface area contributed by atoms with E-state index in [1.165, 1.54) is 5.56 Å².